The minimum absolute atomic E-state index is 0.305. The minimum atomic E-state index is -0.540. The SMILES string of the molecule is Cc1nnc2ccc(N3CCN(c4ncc(C(N)=O)cc4Cl)CC3)nn12. The number of hydrogen-bond donors (Lipinski definition) is 1. The number of aromatic nitrogens is 5. The second-order valence-corrected chi connectivity index (χ2v) is 6.48. The number of aryl methyl sites for hydroxylation is 1. The summed E-state index contributed by atoms with van der Waals surface area (Å²) in [4.78, 5) is 19.8. The standard InChI is InChI=1S/C16H17ClN8O/c1-10-20-21-13-2-3-14(22-25(10)13)23-4-6-24(7-5-23)16-12(17)8-11(9-19-16)15(18)26/h2-3,8-9H,4-7H2,1H3,(H2,18,26). The van der Waals surface area contributed by atoms with Gasteiger partial charge in [0.2, 0.25) is 5.91 Å². The van der Waals surface area contributed by atoms with Crippen LogP contribution in [0.25, 0.3) is 5.65 Å². The molecule has 1 fully saturated rings. The maximum atomic E-state index is 11.2. The summed E-state index contributed by atoms with van der Waals surface area (Å²) in [6, 6.07) is 5.42. The molecule has 26 heavy (non-hydrogen) atoms. The highest BCUT2D eigenvalue weighted by atomic mass is 35.5. The molecule has 0 saturated carbocycles. The van der Waals surface area contributed by atoms with Crippen LogP contribution in [-0.4, -0.2) is 56.9 Å². The Bertz CT molecular complexity index is 980. The number of fused-ring (bicyclic) bond motifs is 1. The number of pyridine rings is 1. The van der Waals surface area contributed by atoms with Crippen molar-refractivity contribution in [2.75, 3.05) is 36.0 Å². The van der Waals surface area contributed by atoms with Gasteiger partial charge in [0.15, 0.2) is 11.5 Å². The number of hydrogen-bond acceptors (Lipinski definition) is 7. The fraction of sp³-hybridized carbons (Fsp3) is 0.312. The van der Waals surface area contributed by atoms with Crippen LogP contribution in [0.15, 0.2) is 24.4 Å². The number of halogens is 1. The van der Waals surface area contributed by atoms with Crippen molar-refractivity contribution in [2.24, 2.45) is 5.73 Å². The predicted molar refractivity (Wildman–Crippen MR) is 97.7 cm³/mol. The number of primary amides is 1. The van der Waals surface area contributed by atoms with Gasteiger partial charge in [-0.2, -0.15) is 4.52 Å². The van der Waals surface area contributed by atoms with E-state index in [2.05, 4.69) is 30.1 Å². The molecule has 0 aliphatic carbocycles. The molecule has 10 heteroatoms. The molecule has 1 aliphatic rings. The van der Waals surface area contributed by atoms with E-state index >= 15 is 0 Å². The molecule has 3 aromatic heterocycles. The summed E-state index contributed by atoms with van der Waals surface area (Å²) in [6.07, 6.45) is 1.46. The van der Waals surface area contributed by atoms with E-state index in [1.165, 1.54) is 6.20 Å². The van der Waals surface area contributed by atoms with Crippen molar-refractivity contribution in [3.8, 4) is 0 Å². The summed E-state index contributed by atoms with van der Waals surface area (Å²) in [6.45, 7) is 4.90. The Balaban J connectivity index is 1.50. The van der Waals surface area contributed by atoms with E-state index in [4.69, 9.17) is 17.3 Å². The topological polar surface area (TPSA) is 106 Å². The Morgan fingerprint density at radius 1 is 1.15 bits per heavy atom. The Morgan fingerprint density at radius 3 is 2.58 bits per heavy atom. The first-order valence-electron chi connectivity index (χ1n) is 8.17. The number of piperazine rings is 1. The van der Waals surface area contributed by atoms with Gasteiger partial charge >= 0.3 is 0 Å². The molecule has 1 amide bonds. The summed E-state index contributed by atoms with van der Waals surface area (Å²) in [7, 11) is 0. The minimum Gasteiger partial charge on any atom is -0.366 e. The smallest absolute Gasteiger partial charge is 0.250 e. The van der Waals surface area contributed by atoms with Gasteiger partial charge in [-0.15, -0.1) is 15.3 Å². The molecule has 0 bridgehead atoms. The fourth-order valence-electron chi connectivity index (χ4n) is 3.00. The van der Waals surface area contributed by atoms with Gasteiger partial charge in [-0.05, 0) is 25.1 Å². The highest BCUT2D eigenvalue weighted by Gasteiger charge is 2.22. The van der Waals surface area contributed by atoms with E-state index in [1.807, 2.05) is 19.1 Å². The van der Waals surface area contributed by atoms with Gasteiger partial charge in [-0.1, -0.05) is 11.6 Å². The predicted octanol–water partition coefficient (Wildman–Crippen LogP) is 0.907. The van der Waals surface area contributed by atoms with E-state index in [9.17, 15) is 4.79 Å². The Labute approximate surface area is 154 Å². The lowest BCUT2D eigenvalue weighted by atomic mass is 10.2. The monoisotopic (exact) mass is 372 g/mol. The number of rotatable bonds is 3. The molecule has 0 radical (unpaired) electrons. The summed E-state index contributed by atoms with van der Waals surface area (Å²) < 4.78 is 1.74. The average molecular weight is 373 g/mol. The number of nitrogens with two attached hydrogens (primary N) is 1. The third-order valence-electron chi connectivity index (χ3n) is 4.41. The van der Waals surface area contributed by atoms with Crippen LogP contribution in [0.1, 0.15) is 16.2 Å². The van der Waals surface area contributed by atoms with Crippen LogP contribution >= 0.6 is 11.6 Å². The van der Waals surface area contributed by atoms with Crippen molar-refractivity contribution in [1.29, 1.82) is 0 Å². The zero-order chi connectivity index (χ0) is 18.3. The lowest BCUT2D eigenvalue weighted by molar-refractivity contribution is 0.1000. The van der Waals surface area contributed by atoms with Crippen LogP contribution in [0.4, 0.5) is 11.6 Å². The molecule has 0 spiro atoms. The molecular formula is C16H17ClN8O. The van der Waals surface area contributed by atoms with Crippen molar-refractivity contribution in [3.05, 3.63) is 40.8 Å². The van der Waals surface area contributed by atoms with Crippen LogP contribution in [0, 0.1) is 6.92 Å². The van der Waals surface area contributed by atoms with Gasteiger partial charge in [-0.25, -0.2) is 4.98 Å². The zero-order valence-corrected chi connectivity index (χ0v) is 14.9. The van der Waals surface area contributed by atoms with Gasteiger partial charge < -0.3 is 15.5 Å². The van der Waals surface area contributed by atoms with Crippen molar-refractivity contribution in [3.63, 3.8) is 0 Å². The molecule has 3 aromatic rings. The van der Waals surface area contributed by atoms with Crippen LogP contribution in [0.2, 0.25) is 5.02 Å². The first-order chi connectivity index (χ1) is 12.5. The number of amides is 1. The maximum absolute atomic E-state index is 11.2. The van der Waals surface area contributed by atoms with E-state index in [0.717, 1.165) is 43.5 Å². The molecule has 134 valence electrons. The van der Waals surface area contributed by atoms with Gasteiger partial charge in [0.05, 0.1) is 10.6 Å². The zero-order valence-electron chi connectivity index (χ0n) is 14.1. The first-order valence-corrected chi connectivity index (χ1v) is 8.55. The third kappa shape index (κ3) is 2.90. The largest absolute Gasteiger partial charge is 0.366 e. The van der Waals surface area contributed by atoms with Crippen molar-refractivity contribution >= 4 is 34.8 Å². The molecule has 4 rings (SSSR count). The molecule has 0 unspecified atom stereocenters. The van der Waals surface area contributed by atoms with Crippen LogP contribution in [-0.2, 0) is 0 Å². The lowest BCUT2D eigenvalue weighted by Crippen LogP contribution is -2.47. The molecule has 4 heterocycles. The van der Waals surface area contributed by atoms with Crippen LogP contribution in [0.5, 0.6) is 0 Å². The number of anilines is 2. The number of nitrogens with zero attached hydrogens (tertiary/aromatic N) is 7. The second kappa shape index (κ2) is 6.41. The van der Waals surface area contributed by atoms with Gasteiger partial charge in [0.25, 0.3) is 0 Å². The molecular weight excluding hydrogens is 356 g/mol. The molecule has 0 aromatic carbocycles. The lowest BCUT2D eigenvalue weighted by Gasteiger charge is -2.36. The molecule has 0 atom stereocenters. The first kappa shape index (κ1) is 16.5. The van der Waals surface area contributed by atoms with E-state index < -0.39 is 5.91 Å². The molecule has 1 aliphatic heterocycles. The normalized spacial score (nSPS) is 14.8. The summed E-state index contributed by atoms with van der Waals surface area (Å²) in [5.74, 6) is 1.75. The maximum Gasteiger partial charge on any atom is 0.250 e. The summed E-state index contributed by atoms with van der Waals surface area (Å²) >= 11 is 6.28. The summed E-state index contributed by atoms with van der Waals surface area (Å²) in [5, 5.41) is 13.1. The van der Waals surface area contributed by atoms with E-state index in [1.54, 1.807) is 10.6 Å². The number of carbonyl (C=O) groups is 1. The molecule has 9 nitrogen and oxygen atoms in total. The van der Waals surface area contributed by atoms with Crippen molar-refractivity contribution < 1.29 is 4.79 Å². The number of carbonyl (C=O) groups excluding carboxylic acids is 1. The Kier molecular flexibility index (Phi) is 4.08. The highest BCUT2D eigenvalue weighted by Crippen LogP contribution is 2.26. The van der Waals surface area contributed by atoms with Crippen molar-refractivity contribution in [1.82, 2.24) is 24.8 Å². The quantitative estimate of drug-likeness (QED) is 0.728. The van der Waals surface area contributed by atoms with Gasteiger partial charge in [0.1, 0.15) is 11.6 Å². The van der Waals surface area contributed by atoms with E-state index in [-0.39, 0.29) is 0 Å². The van der Waals surface area contributed by atoms with E-state index in [0.29, 0.717) is 16.4 Å². The third-order valence-corrected chi connectivity index (χ3v) is 4.69. The highest BCUT2D eigenvalue weighted by molar-refractivity contribution is 6.33. The average Bonchev–Trinajstić information content (AvgIpc) is 3.02. The van der Waals surface area contributed by atoms with Gasteiger partial charge in [0, 0.05) is 32.4 Å². The van der Waals surface area contributed by atoms with Gasteiger partial charge in [-0.3, -0.25) is 4.79 Å². The van der Waals surface area contributed by atoms with Crippen LogP contribution in [0.3, 0.4) is 0 Å². The molecule has 2 N–H and O–H groups in total. The summed E-state index contributed by atoms with van der Waals surface area (Å²) in [5.41, 5.74) is 6.30. The fourth-order valence-corrected chi connectivity index (χ4v) is 3.29. The Morgan fingerprint density at radius 2 is 1.88 bits per heavy atom. The Hall–Kier alpha value is -2.94. The molecule has 1 saturated heterocycles. The second-order valence-electron chi connectivity index (χ2n) is 6.08. The van der Waals surface area contributed by atoms with Crippen LogP contribution < -0.4 is 15.5 Å². The van der Waals surface area contributed by atoms with Crippen molar-refractivity contribution in [2.45, 2.75) is 6.92 Å².